The van der Waals surface area contributed by atoms with E-state index in [9.17, 15) is 4.79 Å². The lowest BCUT2D eigenvalue weighted by Crippen LogP contribution is -2.12. The number of nitrogens with one attached hydrogen (secondary N) is 1. The Morgan fingerprint density at radius 3 is 2.68 bits per heavy atom. The molecular weight excluding hydrogens is 498 g/mol. The van der Waals surface area contributed by atoms with Crippen molar-refractivity contribution in [2.45, 2.75) is 58.4 Å². The number of amides is 1. The van der Waals surface area contributed by atoms with Gasteiger partial charge in [0.05, 0.1) is 12.3 Å². The van der Waals surface area contributed by atoms with Crippen LogP contribution in [0.4, 0.5) is 5.13 Å². The Morgan fingerprint density at radius 2 is 1.89 bits per heavy atom. The van der Waals surface area contributed by atoms with E-state index in [0.29, 0.717) is 34.6 Å². The smallest absolute Gasteiger partial charge is 0.257 e. The van der Waals surface area contributed by atoms with Crippen molar-refractivity contribution in [3.8, 4) is 28.6 Å². The summed E-state index contributed by atoms with van der Waals surface area (Å²) in [5, 5.41) is 14.2. The maximum absolute atomic E-state index is 13.0. The molecule has 1 amide bonds. The van der Waals surface area contributed by atoms with E-state index < -0.39 is 0 Å². The fraction of sp³-hybridized carbons (Fsp3) is 0.379. The average Bonchev–Trinajstić information content (AvgIpc) is 3.60. The molecule has 1 N–H and O–H groups in total. The number of thiazole rings is 1. The Morgan fingerprint density at radius 1 is 1.05 bits per heavy atom. The van der Waals surface area contributed by atoms with Crippen LogP contribution >= 0.6 is 11.3 Å². The fourth-order valence-electron chi connectivity index (χ4n) is 4.68. The molecule has 3 heterocycles. The number of ether oxygens (including phenoxy) is 2. The average molecular weight is 530 g/mol. The first-order chi connectivity index (χ1) is 18.6. The SMILES string of the molecule is Cc1csc(NC(=O)c2cc(OCCC3CC3)cc(Oc3ccc(-c4nnc5n4CCCCC5)cc3)c2)n1. The molecule has 1 saturated carbocycles. The summed E-state index contributed by atoms with van der Waals surface area (Å²) in [6, 6.07) is 13.2. The molecule has 9 heteroatoms. The predicted octanol–water partition coefficient (Wildman–Crippen LogP) is 6.66. The van der Waals surface area contributed by atoms with Crippen LogP contribution in [-0.4, -0.2) is 32.3 Å². The van der Waals surface area contributed by atoms with Gasteiger partial charge >= 0.3 is 0 Å². The molecule has 1 aliphatic heterocycles. The Balaban J connectivity index is 1.20. The normalized spacial score (nSPS) is 15.0. The lowest BCUT2D eigenvalue weighted by Gasteiger charge is -2.13. The molecule has 2 aromatic carbocycles. The molecule has 0 bridgehead atoms. The molecule has 2 aliphatic rings. The van der Waals surface area contributed by atoms with Gasteiger partial charge in [-0.25, -0.2) is 4.98 Å². The van der Waals surface area contributed by atoms with E-state index in [1.54, 1.807) is 12.1 Å². The number of aryl methyl sites for hydroxylation is 2. The second-order valence-electron chi connectivity index (χ2n) is 10.1. The molecule has 2 aromatic heterocycles. The first-order valence-corrected chi connectivity index (χ1v) is 14.2. The van der Waals surface area contributed by atoms with E-state index >= 15 is 0 Å². The highest BCUT2D eigenvalue weighted by Crippen LogP contribution is 2.34. The second-order valence-corrected chi connectivity index (χ2v) is 10.9. The molecule has 0 saturated heterocycles. The Bertz CT molecular complexity index is 1420. The molecular formula is C29H31N5O3S. The summed E-state index contributed by atoms with van der Waals surface area (Å²) >= 11 is 1.40. The number of hydrogen-bond acceptors (Lipinski definition) is 7. The Hall–Kier alpha value is -3.72. The van der Waals surface area contributed by atoms with Crippen molar-refractivity contribution in [1.29, 1.82) is 0 Å². The minimum Gasteiger partial charge on any atom is -0.493 e. The van der Waals surface area contributed by atoms with Crippen molar-refractivity contribution >= 4 is 22.4 Å². The standard InChI is InChI=1S/C29H31N5O3S/c1-19-18-38-29(30-19)31-28(35)22-15-24(36-14-12-20-6-7-20)17-25(16-22)37-23-10-8-21(9-11-23)27-33-32-26-5-3-2-4-13-34(26)27/h8-11,15-18,20H,2-7,12-14H2,1H3,(H,30,31,35). The largest absolute Gasteiger partial charge is 0.493 e. The molecule has 0 atom stereocenters. The number of nitrogens with zero attached hydrogens (tertiary/aromatic N) is 4. The molecule has 196 valence electrons. The van der Waals surface area contributed by atoms with Gasteiger partial charge in [-0.1, -0.05) is 19.3 Å². The predicted molar refractivity (Wildman–Crippen MR) is 147 cm³/mol. The molecule has 1 fully saturated rings. The van der Waals surface area contributed by atoms with Crippen LogP contribution in [0.3, 0.4) is 0 Å². The lowest BCUT2D eigenvalue weighted by atomic mass is 10.1. The third kappa shape index (κ3) is 5.88. The first-order valence-electron chi connectivity index (χ1n) is 13.3. The van der Waals surface area contributed by atoms with Crippen LogP contribution in [0.25, 0.3) is 11.4 Å². The van der Waals surface area contributed by atoms with Crippen LogP contribution in [0.5, 0.6) is 17.2 Å². The molecule has 1 aliphatic carbocycles. The number of rotatable bonds is 9. The van der Waals surface area contributed by atoms with Crippen molar-refractivity contribution in [2.75, 3.05) is 11.9 Å². The zero-order valence-corrected chi connectivity index (χ0v) is 22.3. The minimum atomic E-state index is -0.250. The maximum Gasteiger partial charge on any atom is 0.257 e. The van der Waals surface area contributed by atoms with Gasteiger partial charge in [-0.3, -0.25) is 10.1 Å². The summed E-state index contributed by atoms with van der Waals surface area (Å²) < 4.78 is 14.4. The van der Waals surface area contributed by atoms with Crippen molar-refractivity contribution in [3.05, 3.63) is 64.9 Å². The summed E-state index contributed by atoms with van der Waals surface area (Å²) in [5.41, 5.74) is 2.34. The second kappa shape index (κ2) is 10.9. The van der Waals surface area contributed by atoms with Crippen LogP contribution in [0.1, 0.15) is 60.4 Å². The number of hydrogen-bond donors (Lipinski definition) is 1. The Labute approximate surface area is 226 Å². The molecule has 0 spiro atoms. The lowest BCUT2D eigenvalue weighted by molar-refractivity contribution is 0.102. The van der Waals surface area contributed by atoms with Crippen molar-refractivity contribution < 1.29 is 14.3 Å². The van der Waals surface area contributed by atoms with Crippen LogP contribution in [0, 0.1) is 12.8 Å². The molecule has 8 nitrogen and oxygen atoms in total. The molecule has 0 unspecified atom stereocenters. The molecule has 38 heavy (non-hydrogen) atoms. The number of aromatic nitrogens is 4. The van der Waals surface area contributed by atoms with E-state index in [0.717, 1.165) is 61.1 Å². The third-order valence-corrected chi connectivity index (χ3v) is 7.81. The van der Waals surface area contributed by atoms with Crippen molar-refractivity contribution in [2.24, 2.45) is 5.92 Å². The van der Waals surface area contributed by atoms with Gasteiger partial charge in [0.25, 0.3) is 5.91 Å². The number of carbonyl (C=O) groups excluding carboxylic acids is 1. The topological polar surface area (TPSA) is 91.2 Å². The summed E-state index contributed by atoms with van der Waals surface area (Å²) in [4.78, 5) is 17.4. The van der Waals surface area contributed by atoms with Gasteiger partial charge < -0.3 is 14.0 Å². The summed E-state index contributed by atoms with van der Waals surface area (Å²) in [6.07, 6.45) is 8.10. The van der Waals surface area contributed by atoms with Gasteiger partial charge in [-0.05, 0) is 68.5 Å². The first kappa shape index (κ1) is 24.6. The highest BCUT2D eigenvalue weighted by Gasteiger charge is 2.21. The summed E-state index contributed by atoms with van der Waals surface area (Å²) in [7, 11) is 0. The quantitative estimate of drug-likeness (QED) is 0.261. The van der Waals surface area contributed by atoms with E-state index in [2.05, 4.69) is 25.1 Å². The molecule has 4 aromatic rings. The van der Waals surface area contributed by atoms with Crippen molar-refractivity contribution in [1.82, 2.24) is 19.7 Å². The van der Waals surface area contributed by atoms with Gasteiger partial charge in [-0.15, -0.1) is 21.5 Å². The highest BCUT2D eigenvalue weighted by atomic mass is 32.1. The van der Waals surface area contributed by atoms with Crippen LogP contribution in [0.2, 0.25) is 0 Å². The van der Waals surface area contributed by atoms with Crippen LogP contribution in [0.15, 0.2) is 47.8 Å². The number of anilines is 1. The maximum atomic E-state index is 13.0. The minimum absolute atomic E-state index is 0.250. The summed E-state index contributed by atoms with van der Waals surface area (Å²) in [6.45, 7) is 3.48. The molecule has 0 radical (unpaired) electrons. The van der Waals surface area contributed by atoms with Gasteiger partial charge in [0.1, 0.15) is 23.1 Å². The number of carbonyl (C=O) groups is 1. The number of benzene rings is 2. The van der Waals surface area contributed by atoms with Gasteiger partial charge in [-0.2, -0.15) is 0 Å². The van der Waals surface area contributed by atoms with Gasteiger partial charge in [0.15, 0.2) is 11.0 Å². The third-order valence-electron chi connectivity index (χ3n) is 6.93. The van der Waals surface area contributed by atoms with E-state index in [1.165, 1.54) is 30.6 Å². The van der Waals surface area contributed by atoms with E-state index in [4.69, 9.17) is 9.47 Å². The molecule has 6 rings (SSSR count). The van der Waals surface area contributed by atoms with Crippen LogP contribution < -0.4 is 14.8 Å². The van der Waals surface area contributed by atoms with E-state index in [-0.39, 0.29) is 5.91 Å². The zero-order valence-electron chi connectivity index (χ0n) is 21.5. The highest BCUT2D eigenvalue weighted by molar-refractivity contribution is 7.13. The monoisotopic (exact) mass is 529 g/mol. The Kier molecular flexibility index (Phi) is 7.09. The van der Waals surface area contributed by atoms with Gasteiger partial charge in [0, 0.05) is 35.5 Å². The van der Waals surface area contributed by atoms with Crippen LogP contribution in [-0.2, 0) is 13.0 Å². The van der Waals surface area contributed by atoms with Crippen molar-refractivity contribution in [3.63, 3.8) is 0 Å². The van der Waals surface area contributed by atoms with E-state index in [1.807, 2.05) is 42.6 Å². The fourth-order valence-corrected chi connectivity index (χ4v) is 5.37. The zero-order chi connectivity index (χ0) is 25.9. The number of fused-ring (bicyclic) bond motifs is 1. The van der Waals surface area contributed by atoms with Gasteiger partial charge in [0.2, 0.25) is 0 Å². The summed E-state index contributed by atoms with van der Waals surface area (Å²) in [5.74, 6) is 4.31.